The summed E-state index contributed by atoms with van der Waals surface area (Å²) in [5.74, 6) is 0.627. The Bertz CT molecular complexity index is 614. The molecule has 0 aromatic heterocycles. The van der Waals surface area contributed by atoms with E-state index in [4.69, 9.17) is 15.2 Å². The van der Waals surface area contributed by atoms with E-state index < -0.39 is 0 Å². The van der Waals surface area contributed by atoms with Gasteiger partial charge in [-0.25, -0.2) is 4.39 Å². The van der Waals surface area contributed by atoms with E-state index in [1.54, 1.807) is 18.2 Å². The van der Waals surface area contributed by atoms with Gasteiger partial charge in [-0.05, 0) is 37.1 Å². The van der Waals surface area contributed by atoms with Crippen LogP contribution in [0.1, 0.15) is 16.7 Å². The number of halogens is 1. The highest BCUT2D eigenvalue weighted by Gasteiger charge is 2.11. The fourth-order valence-electron chi connectivity index (χ4n) is 2.25. The van der Waals surface area contributed by atoms with Crippen molar-refractivity contribution in [3.8, 4) is 11.5 Å². The van der Waals surface area contributed by atoms with Gasteiger partial charge < -0.3 is 15.2 Å². The molecule has 0 amide bonds. The molecule has 3 nitrogen and oxygen atoms in total. The lowest BCUT2D eigenvalue weighted by Gasteiger charge is -2.14. The predicted molar refractivity (Wildman–Crippen MR) is 81.2 cm³/mol. The number of methoxy groups -OCH3 is 1. The number of aryl methyl sites for hydroxylation is 1. The van der Waals surface area contributed by atoms with Crippen molar-refractivity contribution in [2.45, 2.75) is 20.0 Å². The summed E-state index contributed by atoms with van der Waals surface area (Å²) in [5.41, 5.74) is 8.15. The molecule has 2 aromatic rings. The molecule has 112 valence electrons. The molecule has 0 heterocycles. The fourth-order valence-corrected chi connectivity index (χ4v) is 2.25. The van der Waals surface area contributed by atoms with Gasteiger partial charge in [0.05, 0.1) is 7.11 Å². The second-order valence-corrected chi connectivity index (χ2v) is 4.82. The fraction of sp³-hybridized carbons (Fsp3) is 0.294. The average Bonchev–Trinajstić information content (AvgIpc) is 2.48. The van der Waals surface area contributed by atoms with Gasteiger partial charge in [-0.2, -0.15) is 0 Å². The van der Waals surface area contributed by atoms with Crippen molar-refractivity contribution in [1.82, 2.24) is 0 Å². The van der Waals surface area contributed by atoms with Crippen LogP contribution >= 0.6 is 0 Å². The standard InChI is InChI=1S/C17H20FNO2/c1-12-5-3-6-13(9-10-19)17(12)21-11-14-7-4-8-15(20-2)16(14)18/h3-8H,9-11,19H2,1-2H3. The molecular formula is C17H20FNO2. The Morgan fingerprint density at radius 2 is 1.81 bits per heavy atom. The summed E-state index contributed by atoms with van der Waals surface area (Å²) >= 11 is 0. The zero-order chi connectivity index (χ0) is 15.2. The van der Waals surface area contributed by atoms with Crippen LogP contribution in [0.15, 0.2) is 36.4 Å². The van der Waals surface area contributed by atoms with Crippen molar-refractivity contribution >= 4 is 0 Å². The molecule has 2 N–H and O–H groups in total. The predicted octanol–water partition coefficient (Wildman–Crippen LogP) is 3.22. The molecule has 0 aliphatic carbocycles. The lowest BCUT2D eigenvalue weighted by atomic mass is 10.1. The highest BCUT2D eigenvalue weighted by Crippen LogP contribution is 2.26. The third kappa shape index (κ3) is 3.52. The van der Waals surface area contributed by atoms with E-state index in [2.05, 4.69) is 0 Å². The summed E-state index contributed by atoms with van der Waals surface area (Å²) in [6.45, 7) is 2.68. The van der Waals surface area contributed by atoms with E-state index in [-0.39, 0.29) is 18.2 Å². The Labute approximate surface area is 124 Å². The molecule has 0 atom stereocenters. The van der Waals surface area contributed by atoms with Crippen LogP contribution in [-0.4, -0.2) is 13.7 Å². The quantitative estimate of drug-likeness (QED) is 0.888. The van der Waals surface area contributed by atoms with Gasteiger partial charge in [0.2, 0.25) is 0 Å². The van der Waals surface area contributed by atoms with Gasteiger partial charge >= 0.3 is 0 Å². The van der Waals surface area contributed by atoms with Gasteiger partial charge in [0, 0.05) is 5.56 Å². The summed E-state index contributed by atoms with van der Waals surface area (Å²) in [5, 5.41) is 0. The molecule has 0 aliphatic heterocycles. The summed E-state index contributed by atoms with van der Waals surface area (Å²) in [4.78, 5) is 0. The molecule has 0 bridgehead atoms. The number of ether oxygens (including phenoxy) is 2. The Balaban J connectivity index is 2.20. The largest absolute Gasteiger partial charge is 0.494 e. The monoisotopic (exact) mass is 289 g/mol. The van der Waals surface area contributed by atoms with Crippen molar-refractivity contribution in [2.24, 2.45) is 5.73 Å². The molecule has 0 spiro atoms. The van der Waals surface area contributed by atoms with Crippen LogP contribution in [0.4, 0.5) is 4.39 Å². The van der Waals surface area contributed by atoms with Crippen LogP contribution in [0.3, 0.4) is 0 Å². The first-order chi connectivity index (χ1) is 10.2. The molecule has 0 unspecified atom stereocenters. The van der Waals surface area contributed by atoms with Gasteiger partial charge in [-0.3, -0.25) is 0 Å². The minimum atomic E-state index is -0.381. The number of benzene rings is 2. The van der Waals surface area contributed by atoms with Gasteiger partial charge in [0.25, 0.3) is 0 Å². The smallest absolute Gasteiger partial charge is 0.171 e. The van der Waals surface area contributed by atoms with Gasteiger partial charge in [-0.15, -0.1) is 0 Å². The van der Waals surface area contributed by atoms with Crippen molar-refractivity contribution < 1.29 is 13.9 Å². The number of rotatable bonds is 6. The third-order valence-electron chi connectivity index (χ3n) is 3.34. The summed E-state index contributed by atoms with van der Waals surface area (Å²) in [6, 6.07) is 11.0. The first-order valence-electron chi connectivity index (χ1n) is 6.90. The van der Waals surface area contributed by atoms with Crippen molar-refractivity contribution in [3.63, 3.8) is 0 Å². The van der Waals surface area contributed by atoms with Gasteiger partial charge in [0.15, 0.2) is 11.6 Å². The van der Waals surface area contributed by atoms with Crippen LogP contribution in [0.25, 0.3) is 0 Å². The third-order valence-corrected chi connectivity index (χ3v) is 3.34. The number of hydrogen-bond donors (Lipinski definition) is 1. The highest BCUT2D eigenvalue weighted by molar-refractivity contribution is 5.41. The zero-order valence-corrected chi connectivity index (χ0v) is 12.4. The van der Waals surface area contributed by atoms with Crippen molar-refractivity contribution in [1.29, 1.82) is 0 Å². The lowest BCUT2D eigenvalue weighted by Crippen LogP contribution is -2.07. The van der Waals surface area contributed by atoms with Gasteiger partial charge in [-0.1, -0.05) is 30.3 Å². The van der Waals surface area contributed by atoms with E-state index in [0.717, 1.165) is 23.3 Å². The minimum absolute atomic E-state index is 0.158. The van der Waals surface area contributed by atoms with Crippen LogP contribution < -0.4 is 15.2 Å². The SMILES string of the molecule is COc1cccc(COc2c(C)cccc2CCN)c1F. The zero-order valence-electron chi connectivity index (χ0n) is 12.4. The second-order valence-electron chi connectivity index (χ2n) is 4.82. The summed E-state index contributed by atoms with van der Waals surface area (Å²) < 4.78 is 24.9. The molecule has 0 saturated heterocycles. The minimum Gasteiger partial charge on any atom is -0.494 e. The first-order valence-corrected chi connectivity index (χ1v) is 6.90. The van der Waals surface area contributed by atoms with E-state index in [1.165, 1.54) is 7.11 Å². The Hall–Kier alpha value is -2.07. The maximum Gasteiger partial charge on any atom is 0.171 e. The summed E-state index contributed by atoms with van der Waals surface area (Å²) in [6.07, 6.45) is 0.734. The Morgan fingerprint density at radius 1 is 1.10 bits per heavy atom. The molecule has 2 aromatic carbocycles. The maximum atomic E-state index is 14.1. The molecule has 0 fully saturated rings. The lowest BCUT2D eigenvalue weighted by molar-refractivity contribution is 0.291. The molecule has 0 saturated carbocycles. The Kier molecular flexibility index (Phi) is 5.17. The molecule has 21 heavy (non-hydrogen) atoms. The molecular weight excluding hydrogens is 269 g/mol. The van der Waals surface area contributed by atoms with E-state index in [1.807, 2.05) is 25.1 Å². The topological polar surface area (TPSA) is 44.5 Å². The Morgan fingerprint density at radius 3 is 2.52 bits per heavy atom. The summed E-state index contributed by atoms with van der Waals surface area (Å²) in [7, 11) is 1.45. The second kappa shape index (κ2) is 7.09. The average molecular weight is 289 g/mol. The molecule has 0 radical (unpaired) electrons. The van der Waals surface area contributed by atoms with Crippen LogP contribution in [-0.2, 0) is 13.0 Å². The number of para-hydroxylation sites is 1. The molecule has 2 rings (SSSR count). The van der Waals surface area contributed by atoms with E-state index in [0.29, 0.717) is 12.1 Å². The number of hydrogen-bond acceptors (Lipinski definition) is 3. The number of nitrogens with two attached hydrogens (primary N) is 1. The first kappa shape index (κ1) is 15.3. The van der Waals surface area contributed by atoms with Gasteiger partial charge in [0.1, 0.15) is 12.4 Å². The van der Waals surface area contributed by atoms with Crippen LogP contribution in [0.2, 0.25) is 0 Å². The van der Waals surface area contributed by atoms with Crippen molar-refractivity contribution in [3.05, 3.63) is 58.9 Å². The molecule has 0 aliphatic rings. The van der Waals surface area contributed by atoms with E-state index >= 15 is 0 Å². The highest BCUT2D eigenvalue weighted by atomic mass is 19.1. The van der Waals surface area contributed by atoms with Crippen LogP contribution in [0.5, 0.6) is 11.5 Å². The van der Waals surface area contributed by atoms with E-state index in [9.17, 15) is 4.39 Å². The van der Waals surface area contributed by atoms with Crippen molar-refractivity contribution in [2.75, 3.05) is 13.7 Å². The normalized spacial score (nSPS) is 10.5. The maximum absolute atomic E-state index is 14.1. The molecule has 4 heteroatoms. The van der Waals surface area contributed by atoms with Crippen LogP contribution in [0, 0.1) is 12.7 Å².